The molecule has 132 valence electrons. The zero-order chi connectivity index (χ0) is 17.8. The first-order valence-electron chi connectivity index (χ1n) is 8.44. The molecule has 1 atom stereocenters. The van der Waals surface area contributed by atoms with Gasteiger partial charge in [0.2, 0.25) is 0 Å². The van der Waals surface area contributed by atoms with Crippen LogP contribution in [0, 0.1) is 0 Å². The predicted molar refractivity (Wildman–Crippen MR) is 101 cm³/mol. The summed E-state index contributed by atoms with van der Waals surface area (Å²) in [6.07, 6.45) is 7.29. The zero-order valence-corrected chi connectivity index (χ0v) is 15.5. The highest BCUT2D eigenvalue weighted by atomic mass is 35.5. The van der Waals surface area contributed by atoms with Gasteiger partial charge in [0.1, 0.15) is 11.5 Å². The van der Waals surface area contributed by atoms with Crippen molar-refractivity contribution in [2.75, 3.05) is 11.9 Å². The number of hydrogen-bond acceptors (Lipinski definition) is 4. The van der Waals surface area contributed by atoms with Crippen LogP contribution in [0.4, 0.5) is 11.5 Å². The third-order valence-corrected chi connectivity index (χ3v) is 5.26. The van der Waals surface area contributed by atoms with Gasteiger partial charge in [0.25, 0.3) is 5.91 Å². The molecule has 2 heterocycles. The standard InChI is InChI=1S/C18H20Cl2N4O/c1-2-12-6-3-4-9-24(12)18(25)15-10-22-16(11-21-15)23-14-8-5-7-13(19)17(14)20/h5,7-8,10-12H,2-4,6,9H2,1H3,(H,22,23). The lowest BCUT2D eigenvalue weighted by Gasteiger charge is -2.34. The highest BCUT2D eigenvalue weighted by molar-refractivity contribution is 6.43. The summed E-state index contributed by atoms with van der Waals surface area (Å²) in [5, 5.41) is 3.95. The Bertz CT molecular complexity index is 751. The van der Waals surface area contributed by atoms with Crippen LogP contribution in [-0.4, -0.2) is 33.4 Å². The Morgan fingerprint density at radius 2 is 2.12 bits per heavy atom. The van der Waals surface area contributed by atoms with Crippen molar-refractivity contribution in [1.82, 2.24) is 14.9 Å². The smallest absolute Gasteiger partial charge is 0.274 e. The molecule has 25 heavy (non-hydrogen) atoms. The predicted octanol–water partition coefficient (Wildman–Crippen LogP) is 4.93. The van der Waals surface area contributed by atoms with Crippen LogP contribution in [0.5, 0.6) is 0 Å². The Morgan fingerprint density at radius 1 is 1.28 bits per heavy atom. The average molecular weight is 379 g/mol. The van der Waals surface area contributed by atoms with Gasteiger partial charge in [-0.25, -0.2) is 9.97 Å². The van der Waals surface area contributed by atoms with Gasteiger partial charge < -0.3 is 10.2 Å². The van der Waals surface area contributed by atoms with E-state index in [0.29, 0.717) is 33.3 Å². The number of benzene rings is 1. The second-order valence-electron chi connectivity index (χ2n) is 6.07. The topological polar surface area (TPSA) is 58.1 Å². The average Bonchev–Trinajstić information content (AvgIpc) is 2.65. The fourth-order valence-corrected chi connectivity index (χ4v) is 3.43. The molecular weight excluding hydrogens is 359 g/mol. The van der Waals surface area contributed by atoms with Gasteiger partial charge in [0.15, 0.2) is 0 Å². The van der Waals surface area contributed by atoms with E-state index in [1.165, 1.54) is 18.8 Å². The van der Waals surface area contributed by atoms with Crippen LogP contribution < -0.4 is 5.32 Å². The summed E-state index contributed by atoms with van der Waals surface area (Å²) in [6.45, 7) is 2.90. The number of hydrogen-bond donors (Lipinski definition) is 1. The van der Waals surface area contributed by atoms with Gasteiger partial charge in [-0.2, -0.15) is 0 Å². The van der Waals surface area contributed by atoms with Gasteiger partial charge in [-0.05, 0) is 37.8 Å². The second kappa shape index (κ2) is 8.02. The maximum Gasteiger partial charge on any atom is 0.274 e. The van der Waals surface area contributed by atoms with Crippen LogP contribution in [0.25, 0.3) is 0 Å². The molecular formula is C18H20Cl2N4O. The maximum absolute atomic E-state index is 12.7. The van der Waals surface area contributed by atoms with E-state index in [9.17, 15) is 4.79 Å². The van der Waals surface area contributed by atoms with Gasteiger partial charge in [-0.15, -0.1) is 0 Å². The van der Waals surface area contributed by atoms with Gasteiger partial charge in [0, 0.05) is 12.6 Å². The fraction of sp³-hybridized carbons (Fsp3) is 0.389. The van der Waals surface area contributed by atoms with Gasteiger partial charge in [0.05, 0.1) is 28.1 Å². The Morgan fingerprint density at radius 3 is 2.84 bits per heavy atom. The molecule has 0 spiro atoms. The van der Waals surface area contributed by atoms with E-state index in [1.807, 2.05) is 4.90 Å². The molecule has 1 amide bonds. The van der Waals surface area contributed by atoms with E-state index < -0.39 is 0 Å². The summed E-state index contributed by atoms with van der Waals surface area (Å²) in [6, 6.07) is 5.61. The minimum Gasteiger partial charge on any atom is -0.338 e. The summed E-state index contributed by atoms with van der Waals surface area (Å²) in [7, 11) is 0. The molecule has 1 aliphatic rings. The summed E-state index contributed by atoms with van der Waals surface area (Å²) in [4.78, 5) is 23.2. The third-order valence-electron chi connectivity index (χ3n) is 4.44. The summed E-state index contributed by atoms with van der Waals surface area (Å²) >= 11 is 12.2. The molecule has 1 aromatic carbocycles. The normalized spacial score (nSPS) is 17.4. The van der Waals surface area contributed by atoms with E-state index in [0.717, 1.165) is 25.8 Å². The largest absolute Gasteiger partial charge is 0.338 e. The molecule has 0 radical (unpaired) electrons. The first-order valence-corrected chi connectivity index (χ1v) is 9.19. The lowest BCUT2D eigenvalue weighted by atomic mass is 10.00. The Balaban J connectivity index is 1.73. The number of likely N-dealkylation sites (tertiary alicyclic amines) is 1. The molecule has 2 aromatic rings. The van der Waals surface area contributed by atoms with E-state index in [1.54, 1.807) is 18.2 Å². The lowest BCUT2D eigenvalue weighted by Crippen LogP contribution is -2.43. The van der Waals surface area contributed by atoms with Crippen molar-refractivity contribution in [3.8, 4) is 0 Å². The van der Waals surface area contributed by atoms with Crippen molar-refractivity contribution in [2.24, 2.45) is 0 Å². The van der Waals surface area contributed by atoms with Crippen LogP contribution in [-0.2, 0) is 0 Å². The summed E-state index contributed by atoms with van der Waals surface area (Å²) in [5.41, 5.74) is 1.01. The first-order chi connectivity index (χ1) is 12.1. The van der Waals surface area contributed by atoms with Crippen LogP contribution in [0.1, 0.15) is 43.1 Å². The molecule has 1 saturated heterocycles. The molecule has 7 heteroatoms. The van der Waals surface area contributed by atoms with Crippen molar-refractivity contribution in [3.63, 3.8) is 0 Å². The third kappa shape index (κ3) is 4.05. The van der Waals surface area contributed by atoms with Crippen molar-refractivity contribution in [2.45, 2.75) is 38.6 Å². The number of carbonyl (C=O) groups is 1. The summed E-state index contributed by atoms with van der Waals surface area (Å²) in [5.74, 6) is 0.456. The van der Waals surface area contributed by atoms with Crippen molar-refractivity contribution in [1.29, 1.82) is 0 Å². The minimum atomic E-state index is -0.0496. The van der Waals surface area contributed by atoms with Gasteiger partial charge in [-0.1, -0.05) is 36.2 Å². The highest BCUT2D eigenvalue weighted by Crippen LogP contribution is 2.31. The van der Waals surface area contributed by atoms with Gasteiger partial charge >= 0.3 is 0 Å². The molecule has 1 aromatic heterocycles. The zero-order valence-electron chi connectivity index (χ0n) is 14.0. The second-order valence-corrected chi connectivity index (χ2v) is 6.85. The number of piperidine rings is 1. The molecule has 1 unspecified atom stereocenters. The number of nitrogens with zero attached hydrogens (tertiary/aromatic N) is 3. The van der Waals surface area contributed by atoms with Crippen LogP contribution in [0.2, 0.25) is 10.0 Å². The number of carbonyl (C=O) groups excluding carboxylic acids is 1. The number of aromatic nitrogens is 2. The van der Waals surface area contributed by atoms with E-state index in [-0.39, 0.29) is 5.91 Å². The molecule has 1 aliphatic heterocycles. The Labute approximate surface area is 157 Å². The summed E-state index contributed by atoms with van der Waals surface area (Å²) < 4.78 is 0. The van der Waals surface area contributed by atoms with Crippen LogP contribution >= 0.6 is 23.2 Å². The number of anilines is 2. The number of nitrogens with one attached hydrogen (secondary N) is 1. The van der Waals surface area contributed by atoms with Crippen molar-refractivity contribution < 1.29 is 4.79 Å². The highest BCUT2D eigenvalue weighted by Gasteiger charge is 2.27. The fourth-order valence-electron chi connectivity index (χ4n) is 3.08. The number of rotatable bonds is 4. The molecule has 0 bridgehead atoms. The molecule has 0 aliphatic carbocycles. The minimum absolute atomic E-state index is 0.0496. The van der Waals surface area contributed by atoms with E-state index in [4.69, 9.17) is 23.2 Å². The van der Waals surface area contributed by atoms with E-state index >= 15 is 0 Å². The van der Waals surface area contributed by atoms with Crippen LogP contribution in [0.15, 0.2) is 30.6 Å². The number of halogens is 2. The van der Waals surface area contributed by atoms with Crippen LogP contribution in [0.3, 0.4) is 0 Å². The molecule has 1 N–H and O–H groups in total. The van der Waals surface area contributed by atoms with Crippen molar-refractivity contribution >= 4 is 40.6 Å². The Kier molecular flexibility index (Phi) is 5.76. The molecule has 5 nitrogen and oxygen atoms in total. The molecule has 1 fully saturated rings. The molecule has 0 saturated carbocycles. The first kappa shape index (κ1) is 18.0. The lowest BCUT2D eigenvalue weighted by molar-refractivity contribution is 0.0601. The maximum atomic E-state index is 12.7. The van der Waals surface area contributed by atoms with E-state index in [2.05, 4.69) is 22.2 Å². The molecule has 3 rings (SSSR count). The SMILES string of the molecule is CCC1CCCCN1C(=O)c1cnc(Nc2cccc(Cl)c2Cl)cn1. The Hall–Kier alpha value is -1.85. The quantitative estimate of drug-likeness (QED) is 0.818. The van der Waals surface area contributed by atoms with Gasteiger partial charge in [-0.3, -0.25) is 4.79 Å². The monoisotopic (exact) mass is 378 g/mol. The number of amides is 1. The van der Waals surface area contributed by atoms with Crippen molar-refractivity contribution in [3.05, 3.63) is 46.3 Å².